The first-order valence-corrected chi connectivity index (χ1v) is 6.33. The number of rotatable bonds is 4. The van der Waals surface area contributed by atoms with Gasteiger partial charge in [0.15, 0.2) is 5.78 Å². The van der Waals surface area contributed by atoms with Gasteiger partial charge in [0.05, 0.1) is 10.0 Å². The lowest BCUT2D eigenvalue weighted by atomic mass is 9.94. The van der Waals surface area contributed by atoms with E-state index in [-0.39, 0.29) is 11.7 Å². The van der Waals surface area contributed by atoms with Gasteiger partial charge in [-0.15, -0.1) is 0 Å². The fourth-order valence-corrected chi connectivity index (χ4v) is 2.19. The summed E-state index contributed by atoms with van der Waals surface area (Å²) in [7, 11) is 0. The number of halogens is 2. The number of hydrogen-bond donors (Lipinski definition) is 0. The fraction of sp³-hybridized carbons (Fsp3) is 0.462. The summed E-state index contributed by atoms with van der Waals surface area (Å²) in [4.78, 5) is 12.1. The monoisotopic (exact) mass is 256 g/mol. The van der Waals surface area contributed by atoms with Crippen LogP contribution in [0.3, 0.4) is 0 Å². The lowest BCUT2D eigenvalue weighted by molar-refractivity contribution is 0.0920. The molecule has 3 heteroatoms. The Kier molecular flexibility index (Phi) is 3.56. The van der Waals surface area contributed by atoms with Crippen molar-refractivity contribution in [3.8, 4) is 0 Å². The fourth-order valence-electron chi connectivity index (χ4n) is 1.89. The highest BCUT2D eigenvalue weighted by atomic mass is 35.5. The van der Waals surface area contributed by atoms with E-state index in [0.717, 1.165) is 12.3 Å². The minimum absolute atomic E-state index is 0.0877. The van der Waals surface area contributed by atoms with Crippen molar-refractivity contribution in [2.24, 2.45) is 11.8 Å². The molecule has 1 aliphatic carbocycles. The zero-order valence-corrected chi connectivity index (χ0v) is 10.7. The van der Waals surface area contributed by atoms with Crippen LogP contribution in [0.1, 0.15) is 36.5 Å². The first-order valence-electron chi connectivity index (χ1n) is 5.57. The average molecular weight is 257 g/mol. The van der Waals surface area contributed by atoms with E-state index in [1.807, 2.05) is 6.92 Å². The van der Waals surface area contributed by atoms with E-state index in [1.165, 1.54) is 12.8 Å². The Bertz CT molecular complexity index is 410. The normalized spacial score (nSPS) is 17.2. The standard InChI is InChI=1S/C13H14Cl2O/c1-8(6-9-2-3-9)13(16)10-4-5-11(14)12(15)7-10/h4-5,7-9H,2-3,6H2,1H3. The minimum Gasteiger partial charge on any atom is -0.294 e. The summed E-state index contributed by atoms with van der Waals surface area (Å²) in [5.74, 6) is 1.02. The van der Waals surface area contributed by atoms with Crippen LogP contribution in [-0.4, -0.2) is 5.78 Å². The molecule has 0 saturated heterocycles. The largest absolute Gasteiger partial charge is 0.294 e. The van der Waals surface area contributed by atoms with Crippen LogP contribution in [0.2, 0.25) is 10.0 Å². The summed E-state index contributed by atoms with van der Waals surface area (Å²) in [6.45, 7) is 1.99. The number of ketones is 1. The van der Waals surface area contributed by atoms with Crippen LogP contribution in [0.4, 0.5) is 0 Å². The Morgan fingerprint density at radius 2 is 2.06 bits per heavy atom. The molecule has 1 aliphatic rings. The zero-order valence-electron chi connectivity index (χ0n) is 9.17. The smallest absolute Gasteiger partial charge is 0.165 e. The van der Waals surface area contributed by atoms with Crippen LogP contribution in [0, 0.1) is 11.8 Å². The second kappa shape index (κ2) is 4.77. The first kappa shape index (κ1) is 11.9. The molecule has 1 aromatic carbocycles. The van der Waals surface area contributed by atoms with Gasteiger partial charge in [0, 0.05) is 11.5 Å². The summed E-state index contributed by atoms with van der Waals surface area (Å²) in [5, 5.41) is 0.944. The van der Waals surface area contributed by atoms with E-state index in [4.69, 9.17) is 23.2 Å². The highest BCUT2D eigenvalue weighted by molar-refractivity contribution is 6.42. The van der Waals surface area contributed by atoms with E-state index in [9.17, 15) is 4.79 Å². The van der Waals surface area contributed by atoms with Crippen molar-refractivity contribution < 1.29 is 4.79 Å². The van der Waals surface area contributed by atoms with Crippen LogP contribution < -0.4 is 0 Å². The van der Waals surface area contributed by atoms with Gasteiger partial charge in [0.25, 0.3) is 0 Å². The second-order valence-corrected chi connectivity index (χ2v) is 5.39. The van der Waals surface area contributed by atoms with Gasteiger partial charge in [0.1, 0.15) is 0 Å². The van der Waals surface area contributed by atoms with E-state index in [2.05, 4.69) is 0 Å². The molecule has 2 rings (SSSR count). The van der Waals surface area contributed by atoms with Crippen LogP contribution in [0.25, 0.3) is 0 Å². The maximum atomic E-state index is 12.1. The molecule has 1 fully saturated rings. The van der Waals surface area contributed by atoms with E-state index in [0.29, 0.717) is 15.6 Å². The number of hydrogen-bond acceptors (Lipinski definition) is 1. The van der Waals surface area contributed by atoms with Gasteiger partial charge in [-0.25, -0.2) is 0 Å². The van der Waals surface area contributed by atoms with Gasteiger partial charge < -0.3 is 0 Å². The molecular formula is C13H14Cl2O. The van der Waals surface area contributed by atoms with Crippen molar-refractivity contribution in [1.29, 1.82) is 0 Å². The molecule has 0 aliphatic heterocycles. The number of carbonyl (C=O) groups is 1. The highest BCUT2D eigenvalue weighted by Gasteiger charge is 2.27. The van der Waals surface area contributed by atoms with Crippen molar-refractivity contribution in [1.82, 2.24) is 0 Å². The van der Waals surface area contributed by atoms with Crippen molar-refractivity contribution in [2.45, 2.75) is 26.2 Å². The van der Waals surface area contributed by atoms with Crippen LogP contribution in [-0.2, 0) is 0 Å². The Morgan fingerprint density at radius 1 is 1.38 bits per heavy atom. The summed E-state index contributed by atoms with van der Waals surface area (Å²) >= 11 is 11.7. The number of Topliss-reactive ketones (excluding diaryl/α,β-unsaturated/α-hetero) is 1. The number of benzene rings is 1. The predicted octanol–water partition coefficient (Wildman–Crippen LogP) is 4.61. The third-order valence-electron chi connectivity index (χ3n) is 3.04. The van der Waals surface area contributed by atoms with Crippen molar-refractivity contribution in [3.05, 3.63) is 33.8 Å². The molecule has 0 spiro atoms. The molecule has 0 amide bonds. The van der Waals surface area contributed by atoms with Crippen LogP contribution >= 0.6 is 23.2 Å². The van der Waals surface area contributed by atoms with Gasteiger partial charge in [-0.3, -0.25) is 4.79 Å². The first-order chi connectivity index (χ1) is 7.58. The average Bonchev–Trinajstić information content (AvgIpc) is 3.05. The summed E-state index contributed by atoms with van der Waals surface area (Å²) in [6, 6.07) is 5.09. The van der Waals surface area contributed by atoms with Gasteiger partial charge in [-0.1, -0.05) is 43.0 Å². The van der Waals surface area contributed by atoms with E-state index >= 15 is 0 Å². The maximum Gasteiger partial charge on any atom is 0.165 e. The Labute approximate surface area is 106 Å². The van der Waals surface area contributed by atoms with Gasteiger partial charge >= 0.3 is 0 Å². The topological polar surface area (TPSA) is 17.1 Å². The number of carbonyl (C=O) groups excluding carboxylic acids is 1. The van der Waals surface area contributed by atoms with Gasteiger partial charge in [-0.2, -0.15) is 0 Å². The van der Waals surface area contributed by atoms with Crippen molar-refractivity contribution in [3.63, 3.8) is 0 Å². The molecule has 86 valence electrons. The van der Waals surface area contributed by atoms with Crippen LogP contribution in [0.5, 0.6) is 0 Å². The SMILES string of the molecule is CC(CC1CC1)C(=O)c1ccc(Cl)c(Cl)c1. The molecule has 0 bridgehead atoms. The molecular weight excluding hydrogens is 243 g/mol. The molecule has 1 unspecified atom stereocenters. The minimum atomic E-state index is 0.0877. The molecule has 0 aromatic heterocycles. The molecule has 1 nitrogen and oxygen atoms in total. The third-order valence-corrected chi connectivity index (χ3v) is 3.77. The van der Waals surface area contributed by atoms with Crippen molar-refractivity contribution in [2.75, 3.05) is 0 Å². The molecule has 0 radical (unpaired) electrons. The lowest BCUT2D eigenvalue weighted by Gasteiger charge is -2.10. The zero-order chi connectivity index (χ0) is 11.7. The maximum absolute atomic E-state index is 12.1. The Morgan fingerprint density at radius 3 is 2.62 bits per heavy atom. The molecule has 1 aromatic rings. The predicted molar refractivity (Wildman–Crippen MR) is 67.3 cm³/mol. The van der Waals surface area contributed by atoms with E-state index < -0.39 is 0 Å². The summed E-state index contributed by atoms with van der Waals surface area (Å²) in [5.41, 5.74) is 0.669. The van der Waals surface area contributed by atoms with E-state index in [1.54, 1.807) is 18.2 Å². The van der Waals surface area contributed by atoms with Crippen molar-refractivity contribution >= 4 is 29.0 Å². The second-order valence-electron chi connectivity index (χ2n) is 4.57. The highest BCUT2D eigenvalue weighted by Crippen LogP contribution is 2.36. The molecule has 0 heterocycles. The van der Waals surface area contributed by atoms with Gasteiger partial charge in [0.2, 0.25) is 0 Å². The van der Waals surface area contributed by atoms with Crippen LogP contribution in [0.15, 0.2) is 18.2 Å². The third kappa shape index (κ3) is 2.78. The lowest BCUT2D eigenvalue weighted by Crippen LogP contribution is -2.11. The summed E-state index contributed by atoms with van der Waals surface area (Å²) in [6.07, 6.45) is 3.55. The van der Waals surface area contributed by atoms with Gasteiger partial charge in [-0.05, 0) is 30.5 Å². The summed E-state index contributed by atoms with van der Waals surface area (Å²) < 4.78 is 0. The molecule has 1 atom stereocenters. The Hall–Kier alpha value is -0.530. The quantitative estimate of drug-likeness (QED) is 0.719. The molecule has 16 heavy (non-hydrogen) atoms. The Balaban J connectivity index is 2.09. The molecule has 0 N–H and O–H groups in total. The molecule has 1 saturated carbocycles.